The van der Waals surface area contributed by atoms with Crippen molar-refractivity contribution in [1.29, 1.82) is 0 Å². The number of nitrogens with one attached hydrogen (secondary N) is 1. The molecule has 2 aliphatic heterocycles. The van der Waals surface area contributed by atoms with Crippen LogP contribution in [0.3, 0.4) is 0 Å². The molecule has 3 rings (SSSR count). The number of carbonyl (C=O) groups excluding carboxylic acids is 3. The molecule has 0 bridgehead atoms. The number of ether oxygens (including phenoxy) is 1. The Morgan fingerprint density at radius 3 is 2.83 bits per heavy atom. The molecule has 0 aromatic heterocycles. The van der Waals surface area contributed by atoms with Crippen molar-refractivity contribution in [3.63, 3.8) is 0 Å². The second kappa shape index (κ2) is 7.44. The number of rotatable bonds is 6. The van der Waals surface area contributed by atoms with Crippen LogP contribution in [0.15, 0.2) is 22.7 Å². The third kappa shape index (κ3) is 3.67. The van der Waals surface area contributed by atoms with Crippen molar-refractivity contribution < 1.29 is 19.1 Å². The van der Waals surface area contributed by atoms with Crippen LogP contribution in [0.25, 0.3) is 0 Å². The lowest BCUT2D eigenvalue weighted by molar-refractivity contribution is -0.121. The van der Waals surface area contributed by atoms with Crippen molar-refractivity contribution in [3.8, 4) is 0 Å². The number of hydrogen-bond donors (Lipinski definition) is 1. The fraction of sp³-hybridized carbons (Fsp3) is 0.471. The SMILES string of the molecule is O=C(CCN1C(=O)c2ccc(Br)cc2C1=O)NCCC1CCCO1. The Hall–Kier alpha value is -1.73. The van der Waals surface area contributed by atoms with E-state index in [-0.39, 0.29) is 36.8 Å². The number of halogens is 1. The molecular formula is C17H19BrN2O4. The van der Waals surface area contributed by atoms with Gasteiger partial charge in [0.15, 0.2) is 0 Å². The van der Waals surface area contributed by atoms with Gasteiger partial charge in [0.05, 0.1) is 17.2 Å². The lowest BCUT2D eigenvalue weighted by Crippen LogP contribution is -2.35. The summed E-state index contributed by atoms with van der Waals surface area (Å²) in [5.74, 6) is -0.844. The molecular weight excluding hydrogens is 376 g/mol. The molecule has 1 aromatic carbocycles. The van der Waals surface area contributed by atoms with Crippen LogP contribution in [0.2, 0.25) is 0 Å². The van der Waals surface area contributed by atoms with Gasteiger partial charge in [-0.2, -0.15) is 0 Å². The molecule has 1 atom stereocenters. The maximum absolute atomic E-state index is 12.3. The van der Waals surface area contributed by atoms with Gasteiger partial charge < -0.3 is 10.1 Å². The van der Waals surface area contributed by atoms with Crippen LogP contribution in [0, 0.1) is 0 Å². The van der Waals surface area contributed by atoms with Gasteiger partial charge in [-0.3, -0.25) is 19.3 Å². The number of nitrogens with zero attached hydrogens (tertiary/aromatic N) is 1. The topological polar surface area (TPSA) is 75.7 Å². The Kier molecular flexibility index (Phi) is 5.30. The van der Waals surface area contributed by atoms with Crippen LogP contribution in [-0.4, -0.2) is 48.4 Å². The van der Waals surface area contributed by atoms with Crippen molar-refractivity contribution in [2.45, 2.75) is 31.8 Å². The number of hydrogen-bond acceptors (Lipinski definition) is 4. The Balaban J connectivity index is 1.47. The molecule has 6 nitrogen and oxygen atoms in total. The summed E-state index contributed by atoms with van der Waals surface area (Å²) in [6, 6.07) is 4.99. The van der Waals surface area contributed by atoms with Crippen molar-refractivity contribution >= 4 is 33.7 Å². The first kappa shape index (κ1) is 17.1. The molecule has 1 saturated heterocycles. The van der Waals surface area contributed by atoms with E-state index < -0.39 is 0 Å². The van der Waals surface area contributed by atoms with Gasteiger partial charge in [0.1, 0.15) is 0 Å². The standard InChI is InChI=1S/C17H19BrN2O4/c18-11-3-4-13-14(10-11)17(23)20(16(13)22)8-6-15(21)19-7-5-12-2-1-9-24-12/h3-4,10,12H,1-2,5-9H2,(H,19,21). The van der Waals surface area contributed by atoms with Crippen molar-refractivity contribution in [2.75, 3.05) is 19.7 Å². The fourth-order valence-electron chi connectivity index (χ4n) is 3.01. The van der Waals surface area contributed by atoms with E-state index in [1.165, 1.54) is 0 Å². The van der Waals surface area contributed by atoms with Crippen LogP contribution >= 0.6 is 15.9 Å². The van der Waals surface area contributed by atoms with E-state index in [2.05, 4.69) is 21.2 Å². The molecule has 1 unspecified atom stereocenters. The van der Waals surface area contributed by atoms with Crippen molar-refractivity contribution in [3.05, 3.63) is 33.8 Å². The van der Waals surface area contributed by atoms with E-state index in [1.807, 2.05) is 0 Å². The van der Waals surface area contributed by atoms with E-state index in [1.54, 1.807) is 18.2 Å². The summed E-state index contributed by atoms with van der Waals surface area (Å²) >= 11 is 3.29. The van der Waals surface area contributed by atoms with Gasteiger partial charge in [-0.1, -0.05) is 15.9 Å². The fourth-order valence-corrected chi connectivity index (χ4v) is 3.37. The Morgan fingerprint density at radius 2 is 2.08 bits per heavy atom. The van der Waals surface area contributed by atoms with Crippen LogP contribution in [-0.2, 0) is 9.53 Å². The highest BCUT2D eigenvalue weighted by Crippen LogP contribution is 2.26. The van der Waals surface area contributed by atoms with Crippen molar-refractivity contribution in [1.82, 2.24) is 10.2 Å². The van der Waals surface area contributed by atoms with E-state index in [0.717, 1.165) is 35.2 Å². The molecule has 1 aromatic rings. The molecule has 0 aliphatic carbocycles. The van der Waals surface area contributed by atoms with E-state index >= 15 is 0 Å². The first-order valence-corrected chi connectivity index (χ1v) is 8.89. The zero-order valence-corrected chi connectivity index (χ0v) is 14.8. The second-order valence-electron chi connectivity index (χ2n) is 5.98. The molecule has 3 amide bonds. The molecule has 0 radical (unpaired) electrons. The summed E-state index contributed by atoms with van der Waals surface area (Å²) in [5.41, 5.74) is 0.773. The smallest absolute Gasteiger partial charge is 0.261 e. The number of fused-ring (bicyclic) bond motifs is 1. The Labute approximate surface area is 148 Å². The molecule has 0 spiro atoms. The molecule has 2 aliphatic rings. The Bertz CT molecular complexity index is 671. The molecule has 0 saturated carbocycles. The molecule has 7 heteroatoms. The lowest BCUT2D eigenvalue weighted by Gasteiger charge is -2.14. The average Bonchev–Trinajstić information content (AvgIpc) is 3.14. The second-order valence-corrected chi connectivity index (χ2v) is 6.89. The number of benzene rings is 1. The number of imide groups is 1. The third-order valence-electron chi connectivity index (χ3n) is 4.31. The highest BCUT2D eigenvalue weighted by Gasteiger charge is 2.35. The maximum Gasteiger partial charge on any atom is 0.261 e. The zero-order chi connectivity index (χ0) is 17.1. The summed E-state index contributed by atoms with van der Waals surface area (Å²) in [6.45, 7) is 1.45. The zero-order valence-electron chi connectivity index (χ0n) is 13.2. The van der Waals surface area contributed by atoms with Gasteiger partial charge in [-0.05, 0) is 37.5 Å². The van der Waals surface area contributed by atoms with E-state index in [9.17, 15) is 14.4 Å². The number of amides is 3. The predicted molar refractivity (Wildman–Crippen MR) is 90.7 cm³/mol. The van der Waals surface area contributed by atoms with Gasteiger partial charge in [-0.25, -0.2) is 0 Å². The molecule has 1 N–H and O–H groups in total. The lowest BCUT2D eigenvalue weighted by atomic mass is 10.1. The summed E-state index contributed by atoms with van der Waals surface area (Å²) in [4.78, 5) is 37.6. The third-order valence-corrected chi connectivity index (χ3v) is 4.80. The minimum absolute atomic E-state index is 0.0930. The van der Waals surface area contributed by atoms with Crippen LogP contribution < -0.4 is 5.32 Å². The van der Waals surface area contributed by atoms with Gasteiger partial charge in [0.25, 0.3) is 11.8 Å². The largest absolute Gasteiger partial charge is 0.378 e. The normalized spacial score (nSPS) is 19.7. The minimum atomic E-state index is -0.344. The highest BCUT2D eigenvalue weighted by molar-refractivity contribution is 9.10. The summed E-state index contributed by atoms with van der Waals surface area (Å²) in [7, 11) is 0. The van der Waals surface area contributed by atoms with Crippen LogP contribution in [0.4, 0.5) is 0 Å². The van der Waals surface area contributed by atoms with Crippen LogP contribution in [0.5, 0.6) is 0 Å². The van der Waals surface area contributed by atoms with Gasteiger partial charge >= 0.3 is 0 Å². The van der Waals surface area contributed by atoms with Gasteiger partial charge in [0.2, 0.25) is 5.91 Å². The minimum Gasteiger partial charge on any atom is -0.378 e. The number of carbonyl (C=O) groups is 3. The van der Waals surface area contributed by atoms with Gasteiger partial charge in [0, 0.05) is 30.6 Å². The molecule has 128 valence electrons. The molecule has 2 heterocycles. The van der Waals surface area contributed by atoms with Gasteiger partial charge in [-0.15, -0.1) is 0 Å². The predicted octanol–water partition coefficient (Wildman–Crippen LogP) is 2.12. The Morgan fingerprint density at radius 1 is 1.29 bits per heavy atom. The summed E-state index contributed by atoms with van der Waals surface area (Å²) in [6.07, 6.45) is 3.26. The quantitative estimate of drug-likeness (QED) is 0.749. The summed E-state index contributed by atoms with van der Waals surface area (Å²) in [5, 5.41) is 2.82. The monoisotopic (exact) mass is 394 g/mol. The van der Waals surface area contributed by atoms with Crippen molar-refractivity contribution in [2.24, 2.45) is 0 Å². The highest BCUT2D eigenvalue weighted by atomic mass is 79.9. The average molecular weight is 395 g/mol. The molecule has 1 fully saturated rings. The van der Waals surface area contributed by atoms with E-state index in [0.29, 0.717) is 17.7 Å². The van der Waals surface area contributed by atoms with E-state index in [4.69, 9.17) is 4.74 Å². The molecule has 24 heavy (non-hydrogen) atoms. The first-order valence-electron chi connectivity index (χ1n) is 8.10. The van der Waals surface area contributed by atoms with Crippen LogP contribution in [0.1, 0.15) is 46.4 Å². The first-order chi connectivity index (χ1) is 11.6. The summed E-state index contributed by atoms with van der Waals surface area (Å²) < 4.78 is 6.24. The maximum atomic E-state index is 12.3.